The molecule has 4 nitrogen and oxygen atoms in total. The van der Waals surface area contributed by atoms with Crippen LogP contribution in [0.15, 0.2) is 18.3 Å². The fourth-order valence-electron chi connectivity index (χ4n) is 0.993. The Hall–Kier alpha value is -1.13. The monoisotopic (exact) mass is 196 g/mol. The number of methoxy groups -OCH3 is 1. The van der Waals surface area contributed by atoms with Gasteiger partial charge in [0, 0.05) is 24.8 Å². The van der Waals surface area contributed by atoms with Gasteiger partial charge >= 0.3 is 0 Å². The highest BCUT2D eigenvalue weighted by atomic mass is 16.5. The first-order valence-corrected chi connectivity index (χ1v) is 4.59. The minimum atomic E-state index is 0.108. The van der Waals surface area contributed by atoms with E-state index in [1.165, 1.54) is 0 Å². The van der Waals surface area contributed by atoms with Crippen molar-refractivity contribution in [2.75, 3.05) is 13.7 Å². The smallest absolute Gasteiger partial charge is 0.212 e. The van der Waals surface area contributed by atoms with Gasteiger partial charge in [-0.05, 0) is 12.5 Å². The zero-order chi connectivity index (χ0) is 10.4. The van der Waals surface area contributed by atoms with E-state index >= 15 is 0 Å². The van der Waals surface area contributed by atoms with Crippen molar-refractivity contribution >= 4 is 0 Å². The molecule has 1 unspecified atom stereocenters. The number of hydrogen-bond donors (Lipinski definition) is 2. The van der Waals surface area contributed by atoms with Crippen molar-refractivity contribution in [2.24, 2.45) is 0 Å². The first kappa shape index (κ1) is 10.9. The highest BCUT2D eigenvalue weighted by Crippen LogP contribution is 2.06. The summed E-state index contributed by atoms with van der Waals surface area (Å²) in [5.74, 6) is 0.615. The molecule has 0 amide bonds. The van der Waals surface area contributed by atoms with Gasteiger partial charge in [0.25, 0.3) is 0 Å². The number of ether oxygens (including phenoxy) is 1. The summed E-state index contributed by atoms with van der Waals surface area (Å²) in [5, 5.41) is 12.0. The topological polar surface area (TPSA) is 54.4 Å². The molecule has 0 saturated carbocycles. The summed E-state index contributed by atoms with van der Waals surface area (Å²) in [4.78, 5) is 4.08. The second kappa shape index (κ2) is 5.57. The zero-order valence-electron chi connectivity index (χ0n) is 8.53. The molecule has 2 N–H and O–H groups in total. The Labute approximate surface area is 83.9 Å². The van der Waals surface area contributed by atoms with E-state index in [1.807, 2.05) is 19.1 Å². The standard InChI is InChI=1S/C10H16N2O2/c1-8(7-13)11-5-9-3-4-10(14-2)12-6-9/h3-4,6,8,11,13H,5,7H2,1-2H3. The summed E-state index contributed by atoms with van der Waals surface area (Å²) >= 11 is 0. The van der Waals surface area contributed by atoms with E-state index in [9.17, 15) is 0 Å². The quantitative estimate of drug-likeness (QED) is 0.722. The molecular formula is C10H16N2O2. The van der Waals surface area contributed by atoms with Gasteiger partial charge in [0.1, 0.15) is 0 Å². The highest BCUT2D eigenvalue weighted by Gasteiger charge is 1.99. The summed E-state index contributed by atoms with van der Waals surface area (Å²) in [5.41, 5.74) is 1.08. The van der Waals surface area contributed by atoms with Gasteiger partial charge < -0.3 is 15.2 Å². The lowest BCUT2D eigenvalue weighted by Gasteiger charge is -2.10. The van der Waals surface area contributed by atoms with Gasteiger partial charge in [-0.25, -0.2) is 4.98 Å². The van der Waals surface area contributed by atoms with Crippen LogP contribution in [0, 0.1) is 0 Å². The molecule has 0 aliphatic heterocycles. The van der Waals surface area contributed by atoms with Crippen LogP contribution in [0.5, 0.6) is 5.88 Å². The molecule has 0 fully saturated rings. The van der Waals surface area contributed by atoms with Crippen LogP contribution in [0.2, 0.25) is 0 Å². The van der Waals surface area contributed by atoms with Crippen molar-refractivity contribution in [2.45, 2.75) is 19.5 Å². The fraction of sp³-hybridized carbons (Fsp3) is 0.500. The molecule has 1 rings (SSSR count). The molecular weight excluding hydrogens is 180 g/mol. The molecule has 4 heteroatoms. The summed E-state index contributed by atoms with van der Waals surface area (Å²) in [6.07, 6.45) is 1.76. The maximum absolute atomic E-state index is 8.80. The summed E-state index contributed by atoms with van der Waals surface area (Å²) in [6.45, 7) is 2.78. The van der Waals surface area contributed by atoms with Crippen LogP contribution < -0.4 is 10.1 Å². The third kappa shape index (κ3) is 3.32. The summed E-state index contributed by atoms with van der Waals surface area (Å²) in [6, 6.07) is 3.88. The number of pyridine rings is 1. The molecule has 0 aliphatic carbocycles. The lowest BCUT2D eigenvalue weighted by atomic mass is 10.2. The third-order valence-electron chi connectivity index (χ3n) is 1.94. The first-order valence-electron chi connectivity index (χ1n) is 4.59. The predicted octanol–water partition coefficient (Wildman–Crippen LogP) is 0.561. The number of nitrogens with one attached hydrogen (secondary N) is 1. The average Bonchev–Trinajstić information content (AvgIpc) is 2.26. The van der Waals surface area contributed by atoms with Crippen molar-refractivity contribution in [1.29, 1.82) is 0 Å². The van der Waals surface area contributed by atoms with E-state index in [4.69, 9.17) is 9.84 Å². The molecule has 0 aliphatic rings. The SMILES string of the molecule is COc1ccc(CNC(C)CO)cn1. The van der Waals surface area contributed by atoms with Crippen LogP contribution in [-0.2, 0) is 6.54 Å². The number of aliphatic hydroxyl groups excluding tert-OH is 1. The van der Waals surface area contributed by atoms with E-state index < -0.39 is 0 Å². The lowest BCUT2D eigenvalue weighted by molar-refractivity contribution is 0.251. The van der Waals surface area contributed by atoms with Crippen LogP contribution in [0.4, 0.5) is 0 Å². The number of rotatable bonds is 5. The minimum absolute atomic E-state index is 0.108. The van der Waals surface area contributed by atoms with E-state index in [-0.39, 0.29) is 12.6 Å². The molecule has 0 aromatic carbocycles. The Morgan fingerprint density at radius 3 is 2.86 bits per heavy atom. The molecule has 14 heavy (non-hydrogen) atoms. The normalized spacial score (nSPS) is 12.5. The van der Waals surface area contributed by atoms with Gasteiger partial charge in [0.2, 0.25) is 5.88 Å². The maximum atomic E-state index is 8.80. The molecule has 0 bridgehead atoms. The molecule has 1 aromatic heterocycles. The zero-order valence-corrected chi connectivity index (χ0v) is 8.53. The molecule has 78 valence electrons. The van der Waals surface area contributed by atoms with E-state index in [1.54, 1.807) is 13.3 Å². The molecule has 0 radical (unpaired) electrons. The number of aromatic nitrogens is 1. The molecule has 0 saturated heterocycles. The van der Waals surface area contributed by atoms with Crippen LogP contribution in [0.25, 0.3) is 0 Å². The van der Waals surface area contributed by atoms with Crippen LogP contribution in [0.1, 0.15) is 12.5 Å². The number of nitrogens with zero attached hydrogens (tertiary/aromatic N) is 1. The van der Waals surface area contributed by atoms with Crippen LogP contribution >= 0.6 is 0 Å². The van der Waals surface area contributed by atoms with Crippen molar-refractivity contribution < 1.29 is 9.84 Å². The average molecular weight is 196 g/mol. The Balaban J connectivity index is 2.43. The third-order valence-corrected chi connectivity index (χ3v) is 1.94. The summed E-state index contributed by atoms with van der Waals surface area (Å²) in [7, 11) is 1.59. The Morgan fingerprint density at radius 2 is 2.36 bits per heavy atom. The van der Waals surface area contributed by atoms with Gasteiger partial charge in [-0.3, -0.25) is 0 Å². The molecule has 1 aromatic rings. The summed E-state index contributed by atoms with van der Waals surface area (Å²) < 4.78 is 4.94. The molecule has 0 spiro atoms. The van der Waals surface area contributed by atoms with Crippen molar-refractivity contribution in [1.82, 2.24) is 10.3 Å². The number of hydrogen-bond acceptors (Lipinski definition) is 4. The van der Waals surface area contributed by atoms with Gasteiger partial charge in [-0.1, -0.05) is 6.07 Å². The Morgan fingerprint density at radius 1 is 1.57 bits per heavy atom. The minimum Gasteiger partial charge on any atom is -0.481 e. The molecule has 1 atom stereocenters. The highest BCUT2D eigenvalue weighted by molar-refractivity contribution is 5.17. The van der Waals surface area contributed by atoms with E-state index in [0.29, 0.717) is 12.4 Å². The van der Waals surface area contributed by atoms with Crippen LogP contribution in [0.3, 0.4) is 0 Å². The van der Waals surface area contributed by atoms with Crippen molar-refractivity contribution in [3.05, 3.63) is 23.9 Å². The second-order valence-electron chi connectivity index (χ2n) is 3.17. The lowest BCUT2D eigenvalue weighted by Crippen LogP contribution is -2.28. The number of aliphatic hydroxyl groups is 1. The first-order chi connectivity index (χ1) is 6.76. The van der Waals surface area contributed by atoms with Gasteiger partial charge in [-0.2, -0.15) is 0 Å². The van der Waals surface area contributed by atoms with Gasteiger partial charge in [0.15, 0.2) is 0 Å². The largest absolute Gasteiger partial charge is 0.481 e. The van der Waals surface area contributed by atoms with Crippen molar-refractivity contribution in [3.8, 4) is 5.88 Å². The van der Waals surface area contributed by atoms with Gasteiger partial charge in [0.05, 0.1) is 13.7 Å². The predicted molar refractivity (Wildman–Crippen MR) is 54.2 cm³/mol. The Kier molecular flexibility index (Phi) is 4.35. The maximum Gasteiger partial charge on any atom is 0.212 e. The van der Waals surface area contributed by atoms with E-state index in [2.05, 4.69) is 10.3 Å². The fourth-order valence-corrected chi connectivity index (χ4v) is 0.993. The van der Waals surface area contributed by atoms with Gasteiger partial charge in [-0.15, -0.1) is 0 Å². The molecule has 1 heterocycles. The second-order valence-corrected chi connectivity index (χ2v) is 3.17. The van der Waals surface area contributed by atoms with Crippen molar-refractivity contribution in [3.63, 3.8) is 0 Å². The Bertz CT molecular complexity index is 261. The van der Waals surface area contributed by atoms with E-state index in [0.717, 1.165) is 5.56 Å². The van der Waals surface area contributed by atoms with Crippen LogP contribution in [-0.4, -0.2) is 29.8 Å².